The molecule has 2 aromatic heterocycles. The van der Waals surface area contributed by atoms with E-state index in [2.05, 4.69) is 27.2 Å². The maximum absolute atomic E-state index is 5.20. The third-order valence-electron chi connectivity index (χ3n) is 5.41. The monoisotopic (exact) mass is 314 g/mol. The van der Waals surface area contributed by atoms with Crippen LogP contribution in [0.4, 0.5) is 0 Å². The third-order valence-corrected chi connectivity index (χ3v) is 5.41. The number of hydrogen-bond donors (Lipinski definition) is 0. The average molecular weight is 314 g/mol. The first-order valence-electron chi connectivity index (χ1n) is 8.64. The second kappa shape index (κ2) is 6.13. The van der Waals surface area contributed by atoms with Crippen LogP contribution < -0.4 is 0 Å². The highest BCUT2D eigenvalue weighted by Gasteiger charge is 2.41. The molecule has 23 heavy (non-hydrogen) atoms. The van der Waals surface area contributed by atoms with Crippen LogP contribution in [0.1, 0.15) is 30.4 Å². The van der Waals surface area contributed by atoms with Crippen molar-refractivity contribution in [2.75, 3.05) is 26.2 Å². The molecule has 2 aromatic rings. The van der Waals surface area contributed by atoms with Crippen LogP contribution in [-0.4, -0.2) is 45.8 Å². The molecule has 2 aliphatic rings. The minimum absolute atomic E-state index is 0.490. The summed E-state index contributed by atoms with van der Waals surface area (Å²) < 4.78 is 7.10. The van der Waals surface area contributed by atoms with Crippen molar-refractivity contribution in [2.45, 2.75) is 32.4 Å². The normalized spacial score (nSPS) is 26.3. The van der Waals surface area contributed by atoms with Crippen LogP contribution in [-0.2, 0) is 20.1 Å². The van der Waals surface area contributed by atoms with Gasteiger partial charge >= 0.3 is 0 Å². The summed E-state index contributed by atoms with van der Waals surface area (Å²) in [5.74, 6) is 0. The second-order valence-electron chi connectivity index (χ2n) is 7.43. The summed E-state index contributed by atoms with van der Waals surface area (Å²) in [4.78, 5) is 5.22. The van der Waals surface area contributed by atoms with Gasteiger partial charge in [-0.05, 0) is 43.8 Å². The number of piperidine rings is 1. The number of hydrogen-bond acceptors (Lipinski definition) is 4. The van der Waals surface area contributed by atoms with Crippen LogP contribution in [0.5, 0.6) is 0 Å². The van der Waals surface area contributed by atoms with Crippen LogP contribution in [0.2, 0.25) is 0 Å². The zero-order valence-electron chi connectivity index (χ0n) is 13.9. The Balaban J connectivity index is 1.37. The summed E-state index contributed by atoms with van der Waals surface area (Å²) in [5.41, 5.74) is 3.12. The number of rotatable bonds is 4. The smallest absolute Gasteiger partial charge is 0.0947 e. The SMILES string of the molecule is Cn1cc(CN2CCC[C@]3(CCN(Cc4ccoc4)C3)C2)cn1. The van der Waals surface area contributed by atoms with Gasteiger partial charge in [0.25, 0.3) is 0 Å². The van der Waals surface area contributed by atoms with E-state index < -0.39 is 0 Å². The molecule has 5 nitrogen and oxygen atoms in total. The summed E-state index contributed by atoms with van der Waals surface area (Å²) in [5, 5.41) is 4.30. The highest BCUT2D eigenvalue weighted by atomic mass is 16.3. The molecular formula is C18H26N4O. The Morgan fingerprint density at radius 3 is 2.70 bits per heavy atom. The van der Waals surface area contributed by atoms with E-state index in [1.54, 1.807) is 6.26 Å². The van der Waals surface area contributed by atoms with E-state index in [4.69, 9.17) is 4.42 Å². The van der Waals surface area contributed by atoms with Crippen LogP contribution >= 0.6 is 0 Å². The van der Waals surface area contributed by atoms with E-state index in [1.807, 2.05) is 24.2 Å². The Labute approximate surface area is 137 Å². The molecule has 0 amide bonds. The molecule has 0 aromatic carbocycles. The first-order valence-corrected chi connectivity index (χ1v) is 8.64. The Kier molecular flexibility index (Phi) is 3.99. The van der Waals surface area contributed by atoms with Crippen molar-refractivity contribution in [1.29, 1.82) is 0 Å². The lowest BCUT2D eigenvalue weighted by Crippen LogP contribution is -2.44. The van der Waals surface area contributed by atoms with Gasteiger partial charge in [-0.2, -0.15) is 5.10 Å². The van der Waals surface area contributed by atoms with Gasteiger partial charge in [-0.15, -0.1) is 0 Å². The highest BCUT2D eigenvalue weighted by Crippen LogP contribution is 2.39. The van der Waals surface area contributed by atoms with Crippen LogP contribution in [0, 0.1) is 5.41 Å². The molecule has 5 heteroatoms. The van der Waals surface area contributed by atoms with Gasteiger partial charge in [0.2, 0.25) is 0 Å². The molecule has 2 fully saturated rings. The second-order valence-corrected chi connectivity index (χ2v) is 7.43. The molecule has 124 valence electrons. The first kappa shape index (κ1) is 15.0. The molecule has 0 aliphatic carbocycles. The number of aromatic nitrogens is 2. The summed E-state index contributed by atoms with van der Waals surface area (Å²) in [6, 6.07) is 2.08. The van der Waals surface area contributed by atoms with Crippen molar-refractivity contribution >= 4 is 0 Å². The predicted molar refractivity (Wildman–Crippen MR) is 88.8 cm³/mol. The van der Waals surface area contributed by atoms with Gasteiger partial charge in [0.1, 0.15) is 0 Å². The average Bonchev–Trinajstić information content (AvgIpc) is 3.24. The zero-order chi connectivity index (χ0) is 15.7. The minimum atomic E-state index is 0.490. The van der Waals surface area contributed by atoms with E-state index >= 15 is 0 Å². The molecule has 4 rings (SSSR count). The quantitative estimate of drug-likeness (QED) is 0.869. The molecule has 2 aliphatic heterocycles. The van der Waals surface area contributed by atoms with E-state index in [9.17, 15) is 0 Å². The molecule has 0 bridgehead atoms. The van der Waals surface area contributed by atoms with Gasteiger partial charge in [-0.3, -0.25) is 14.5 Å². The van der Waals surface area contributed by atoms with E-state index in [0.717, 1.165) is 13.1 Å². The lowest BCUT2D eigenvalue weighted by atomic mass is 9.79. The molecule has 2 saturated heterocycles. The molecule has 0 N–H and O–H groups in total. The fourth-order valence-electron chi connectivity index (χ4n) is 4.39. The largest absolute Gasteiger partial charge is 0.472 e. The lowest BCUT2D eigenvalue weighted by molar-refractivity contribution is 0.0866. The predicted octanol–water partition coefficient (Wildman–Crippen LogP) is 2.50. The fourth-order valence-corrected chi connectivity index (χ4v) is 4.39. The van der Waals surface area contributed by atoms with Gasteiger partial charge in [-0.25, -0.2) is 0 Å². The summed E-state index contributed by atoms with van der Waals surface area (Å²) in [7, 11) is 1.99. The van der Waals surface area contributed by atoms with E-state index in [0.29, 0.717) is 5.41 Å². The molecule has 0 saturated carbocycles. The molecule has 4 heterocycles. The maximum Gasteiger partial charge on any atom is 0.0947 e. The van der Waals surface area contributed by atoms with Gasteiger partial charge in [0.15, 0.2) is 0 Å². The lowest BCUT2D eigenvalue weighted by Gasteiger charge is -2.40. The standard InChI is InChI=1S/C18H26N4O/c1-20-10-17(9-19-20)12-21-6-2-4-18(14-21)5-7-22(15-18)11-16-3-8-23-13-16/h3,8-10,13H,2,4-7,11-12,14-15H2,1H3/t18-/m0/s1. The van der Waals surface area contributed by atoms with Crippen molar-refractivity contribution in [1.82, 2.24) is 19.6 Å². The number of aryl methyl sites for hydroxylation is 1. The number of likely N-dealkylation sites (tertiary alicyclic amines) is 2. The van der Waals surface area contributed by atoms with E-state index in [-0.39, 0.29) is 0 Å². The van der Waals surface area contributed by atoms with Gasteiger partial charge in [0.05, 0.1) is 18.7 Å². The van der Waals surface area contributed by atoms with Crippen molar-refractivity contribution in [3.05, 3.63) is 42.1 Å². The van der Waals surface area contributed by atoms with Crippen molar-refractivity contribution in [3.8, 4) is 0 Å². The number of furan rings is 1. The molecule has 1 atom stereocenters. The van der Waals surface area contributed by atoms with Gasteiger partial charge in [-0.1, -0.05) is 0 Å². The summed E-state index contributed by atoms with van der Waals surface area (Å²) >= 11 is 0. The van der Waals surface area contributed by atoms with Crippen molar-refractivity contribution in [3.63, 3.8) is 0 Å². The fraction of sp³-hybridized carbons (Fsp3) is 0.611. The van der Waals surface area contributed by atoms with Crippen LogP contribution in [0.3, 0.4) is 0 Å². The first-order chi connectivity index (χ1) is 11.2. The van der Waals surface area contributed by atoms with Crippen molar-refractivity contribution in [2.24, 2.45) is 12.5 Å². The molecule has 1 spiro atoms. The van der Waals surface area contributed by atoms with Crippen LogP contribution in [0.15, 0.2) is 35.4 Å². The van der Waals surface area contributed by atoms with Crippen molar-refractivity contribution < 1.29 is 4.42 Å². The van der Waals surface area contributed by atoms with Gasteiger partial charge < -0.3 is 4.42 Å². The topological polar surface area (TPSA) is 37.4 Å². The van der Waals surface area contributed by atoms with Gasteiger partial charge in [0, 0.05) is 50.6 Å². The maximum atomic E-state index is 5.20. The Morgan fingerprint density at radius 2 is 1.96 bits per heavy atom. The Bertz CT molecular complexity index is 635. The van der Waals surface area contributed by atoms with E-state index in [1.165, 1.54) is 56.6 Å². The Morgan fingerprint density at radius 1 is 1.13 bits per heavy atom. The van der Waals surface area contributed by atoms with Crippen LogP contribution in [0.25, 0.3) is 0 Å². The highest BCUT2D eigenvalue weighted by molar-refractivity contribution is 5.07. The number of nitrogens with zero attached hydrogens (tertiary/aromatic N) is 4. The summed E-state index contributed by atoms with van der Waals surface area (Å²) in [6.45, 7) is 6.95. The third kappa shape index (κ3) is 3.35. The molecular weight excluding hydrogens is 288 g/mol. The molecule has 0 radical (unpaired) electrons. The Hall–Kier alpha value is -1.59. The zero-order valence-corrected chi connectivity index (χ0v) is 13.9. The summed E-state index contributed by atoms with van der Waals surface area (Å²) in [6.07, 6.45) is 11.8. The minimum Gasteiger partial charge on any atom is -0.472 e. The molecule has 0 unspecified atom stereocenters.